The summed E-state index contributed by atoms with van der Waals surface area (Å²) in [5.41, 5.74) is 2.02. The molecule has 0 fully saturated rings. The van der Waals surface area contributed by atoms with Gasteiger partial charge in [-0.2, -0.15) is 5.10 Å². The first-order valence-corrected chi connectivity index (χ1v) is 7.57. The Labute approximate surface area is 130 Å². The van der Waals surface area contributed by atoms with Gasteiger partial charge in [0, 0.05) is 10.4 Å². The zero-order valence-electron chi connectivity index (χ0n) is 11.6. The van der Waals surface area contributed by atoms with Gasteiger partial charge in [-0.3, -0.25) is 4.68 Å². The molecule has 0 aliphatic heterocycles. The first-order valence-electron chi connectivity index (χ1n) is 6.38. The minimum Gasteiger partial charge on any atom is -0.465 e. The van der Waals surface area contributed by atoms with E-state index >= 15 is 0 Å². The van der Waals surface area contributed by atoms with Crippen LogP contribution in [0.15, 0.2) is 30.3 Å². The highest BCUT2D eigenvalue weighted by Crippen LogP contribution is 2.29. The largest absolute Gasteiger partial charge is 0.465 e. The standard InChI is InChI=1S/C15H13ClN2O2S/c1-9-12-7-13(15(19)20-2)21-14(12)18(17-9)8-10-3-5-11(16)6-4-10/h3-7H,8H2,1-2H3. The van der Waals surface area contributed by atoms with Gasteiger partial charge >= 0.3 is 5.97 Å². The number of rotatable bonds is 3. The molecule has 0 saturated carbocycles. The molecule has 108 valence electrons. The van der Waals surface area contributed by atoms with Gasteiger partial charge in [-0.05, 0) is 30.7 Å². The Morgan fingerprint density at radius 3 is 2.76 bits per heavy atom. The van der Waals surface area contributed by atoms with Crippen LogP contribution in [-0.2, 0) is 11.3 Å². The van der Waals surface area contributed by atoms with Crippen molar-refractivity contribution >= 4 is 39.1 Å². The highest BCUT2D eigenvalue weighted by Gasteiger charge is 2.16. The number of thiophene rings is 1. The zero-order chi connectivity index (χ0) is 15.0. The van der Waals surface area contributed by atoms with Gasteiger partial charge in [-0.15, -0.1) is 11.3 Å². The molecular weight excluding hydrogens is 308 g/mol. The molecule has 0 aliphatic carbocycles. The first kappa shape index (κ1) is 14.1. The van der Waals surface area contributed by atoms with Crippen LogP contribution in [0.2, 0.25) is 5.02 Å². The summed E-state index contributed by atoms with van der Waals surface area (Å²) in [5, 5.41) is 6.24. The van der Waals surface area contributed by atoms with Gasteiger partial charge in [-0.25, -0.2) is 4.79 Å². The van der Waals surface area contributed by atoms with Gasteiger partial charge in [0.2, 0.25) is 0 Å². The summed E-state index contributed by atoms with van der Waals surface area (Å²) in [7, 11) is 1.39. The molecule has 1 aromatic carbocycles. The fourth-order valence-corrected chi connectivity index (χ4v) is 3.39. The lowest BCUT2D eigenvalue weighted by Crippen LogP contribution is -2.01. The van der Waals surface area contributed by atoms with Crippen molar-refractivity contribution in [2.24, 2.45) is 0 Å². The Morgan fingerprint density at radius 1 is 1.38 bits per heavy atom. The molecule has 6 heteroatoms. The normalized spacial score (nSPS) is 11.0. The van der Waals surface area contributed by atoms with Crippen molar-refractivity contribution in [3.8, 4) is 0 Å². The molecule has 2 heterocycles. The Kier molecular flexibility index (Phi) is 3.69. The second kappa shape index (κ2) is 5.50. The lowest BCUT2D eigenvalue weighted by molar-refractivity contribution is 0.0606. The number of fused-ring (bicyclic) bond motifs is 1. The van der Waals surface area contributed by atoms with Crippen molar-refractivity contribution in [2.45, 2.75) is 13.5 Å². The Bertz CT molecular complexity index is 805. The van der Waals surface area contributed by atoms with Crippen molar-refractivity contribution in [2.75, 3.05) is 7.11 Å². The lowest BCUT2D eigenvalue weighted by atomic mass is 10.2. The van der Waals surface area contributed by atoms with Gasteiger partial charge in [0.15, 0.2) is 0 Å². The maximum atomic E-state index is 11.6. The highest BCUT2D eigenvalue weighted by molar-refractivity contribution is 7.20. The molecule has 2 aromatic heterocycles. The number of nitrogens with zero attached hydrogens (tertiary/aromatic N) is 2. The molecule has 4 nitrogen and oxygen atoms in total. The van der Waals surface area contributed by atoms with Gasteiger partial charge in [0.05, 0.1) is 19.3 Å². The molecule has 0 amide bonds. The number of halogens is 1. The van der Waals surface area contributed by atoms with E-state index in [1.54, 1.807) is 0 Å². The molecule has 21 heavy (non-hydrogen) atoms. The van der Waals surface area contributed by atoms with E-state index in [0.29, 0.717) is 16.4 Å². The number of aromatic nitrogens is 2. The van der Waals surface area contributed by atoms with E-state index in [0.717, 1.165) is 21.5 Å². The van der Waals surface area contributed by atoms with Crippen LogP contribution in [0.1, 0.15) is 20.9 Å². The number of benzene rings is 1. The van der Waals surface area contributed by atoms with Crippen LogP contribution in [0.3, 0.4) is 0 Å². The van der Waals surface area contributed by atoms with E-state index in [4.69, 9.17) is 16.3 Å². The van der Waals surface area contributed by atoms with E-state index in [1.807, 2.05) is 41.9 Å². The molecular formula is C15H13ClN2O2S. The van der Waals surface area contributed by atoms with Gasteiger partial charge in [0.25, 0.3) is 0 Å². The molecule has 0 unspecified atom stereocenters. The number of esters is 1. The summed E-state index contributed by atoms with van der Waals surface area (Å²) in [6.45, 7) is 2.58. The van der Waals surface area contributed by atoms with Gasteiger partial charge in [0.1, 0.15) is 9.71 Å². The second-order valence-corrected chi connectivity index (χ2v) is 6.16. The van der Waals surface area contributed by atoms with E-state index < -0.39 is 0 Å². The average Bonchev–Trinajstić information content (AvgIpc) is 3.03. The number of carbonyl (C=O) groups is 1. The van der Waals surface area contributed by atoms with Crippen LogP contribution >= 0.6 is 22.9 Å². The van der Waals surface area contributed by atoms with Crippen LogP contribution in [-0.4, -0.2) is 22.9 Å². The number of methoxy groups -OCH3 is 1. The van der Waals surface area contributed by atoms with Crippen LogP contribution in [0.4, 0.5) is 0 Å². The van der Waals surface area contributed by atoms with E-state index in [9.17, 15) is 4.79 Å². The van der Waals surface area contributed by atoms with Crippen LogP contribution in [0.25, 0.3) is 10.2 Å². The van der Waals surface area contributed by atoms with E-state index in [2.05, 4.69) is 5.10 Å². The second-order valence-electron chi connectivity index (χ2n) is 4.69. The van der Waals surface area contributed by atoms with Crippen molar-refractivity contribution in [3.63, 3.8) is 0 Å². The Balaban J connectivity index is 2.00. The molecule has 3 rings (SSSR count). The molecule has 0 saturated heterocycles. The summed E-state index contributed by atoms with van der Waals surface area (Å²) >= 11 is 7.30. The number of hydrogen-bond donors (Lipinski definition) is 0. The molecule has 0 atom stereocenters. The SMILES string of the molecule is COC(=O)c1cc2c(C)nn(Cc3ccc(Cl)cc3)c2s1. The molecule has 0 radical (unpaired) electrons. The molecule has 0 spiro atoms. The summed E-state index contributed by atoms with van der Waals surface area (Å²) in [4.78, 5) is 13.2. The predicted octanol–water partition coefficient (Wildman–Crippen LogP) is 3.89. The highest BCUT2D eigenvalue weighted by atomic mass is 35.5. The third-order valence-corrected chi connectivity index (χ3v) is 4.62. The number of hydrogen-bond acceptors (Lipinski definition) is 4. The quantitative estimate of drug-likeness (QED) is 0.688. The number of carbonyl (C=O) groups excluding carboxylic acids is 1. The molecule has 3 aromatic rings. The van der Waals surface area contributed by atoms with Gasteiger partial charge in [-0.1, -0.05) is 23.7 Å². The van der Waals surface area contributed by atoms with Crippen molar-refractivity contribution in [1.82, 2.24) is 9.78 Å². The topological polar surface area (TPSA) is 44.1 Å². The first-order chi connectivity index (χ1) is 10.1. The molecule has 0 N–H and O–H groups in total. The Morgan fingerprint density at radius 2 is 2.10 bits per heavy atom. The van der Waals surface area contributed by atoms with Crippen LogP contribution in [0, 0.1) is 6.92 Å². The minimum absolute atomic E-state index is 0.311. The molecule has 0 aliphatic rings. The third kappa shape index (κ3) is 2.66. The van der Waals surface area contributed by atoms with E-state index in [-0.39, 0.29) is 5.97 Å². The fraction of sp³-hybridized carbons (Fsp3) is 0.200. The molecule has 0 bridgehead atoms. The van der Waals surface area contributed by atoms with Crippen molar-refractivity contribution < 1.29 is 9.53 Å². The smallest absolute Gasteiger partial charge is 0.348 e. The van der Waals surface area contributed by atoms with E-state index in [1.165, 1.54) is 18.4 Å². The maximum Gasteiger partial charge on any atom is 0.348 e. The predicted molar refractivity (Wildman–Crippen MR) is 84.2 cm³/mol. The fourth-order valence-electron chi connectivity index (χ4n) is 2.18. The van der Waals surface area contributed by atoms with Crippen molar-refractivity contribution in [3.05, 3.63) is 51.5 Å². The third-order valence-electron chi connectivity index (χ3n) is 3.24. The minimum atomic E-state index is -0.311. The summed E-state index contributed by atoms with van der Waals surface area (Å²) in [5.74, 6) is -0.311. The van der Waals surface area contributed by atoms with Crippen molar-refractivity contribution in [1.29, 1.82) is 0 Å². The lowest BCUT2D eigenvalue weighted by Gasteiger charge is -2.03. The number of ether oxygens (including phenoxy) is 1. The van der Waals surface area contributed by atoms with Crippen LogP contribution in [0.5, 0.6) is 0 Å². The maximum absolute atomic E-state index is 11.6. The number of aryl methyl sites for hydroxylation is 1. The van der Waals surface area contributed by atoms with Gasteiger partial charge < -0.3 is 4.74 Å². The summed E-state index contributed by atoms with van der Waals surface area (Å²) in [6.07, 6.45) is 0. The average molecular weight is 321 g/mol. The zero-order valence-corrected chi connectivity index (χ0v) is 13.2. The van der Waals surface area contributed by atoms with Crippen LogP contribution < -0.4 is 0 Å². The monoisotopic (exact) mass is 320 g/mol. The summed E-state index contributed by atoms with van der Waals surface area (Å²) < 4.78 is 6.68. The Hall–Kier alpha value is -1.85. The summed E-state index contributed by atoms with van der Waals surface area (Å²) in [6, 6.07) is 9.50.